The number of likely N-dealkylation sites (N-methyl/N-ethyl adjacent to an activating group) is 1. The highest BCUT2D eigenvalue weighted by Crippen LogP contribution is 2.30. The number of nitrogens with one attached hydrogen (secondary N) is 1. The van der Waals surface area contributed by atoms with E-state index in [9.17, 15) is 10.1 Å². The summed E-state index contributed by atoms with van der Waals surface area (Å²) in [4.78, 5) is 17.1. The number of piperidine rings is 1. The van der Waals surface area contributed by atoms with Crippen molar-refractivity contribution in [3.8, 4) is 0 Å². The van der Waals surface area contributed by atoms with Crippen LogP contribution < -0.4 is 10.2 Å². The van der Waals surface area contributed by atoms with E-state index in [1.165, 1.54) is 25.3 Å². The van der Waals surface area contributed by atoms with Gasteiger partial charge in [-0.1, -0.05) is 17.8 Å². The number of nitrogens with zero attached hydrogens (tertiary/aromatic N) is 3. The van der Waals surface area contributed by atoms with E-state index in [2.05, 4.69) is 15.2 Å². The summed E-state index contributed by atoms with van der Waals surface area (Å²) in [6.07, 6.45) is 3.73. The van der Waals surface area contributed by atoms with Crippen LogP contribution in [-0.4, -0.2) is 36.1 Å². The van der Waals surface area contributed by atoms with E-state index in [1.807, 2.05) is 7.05 Å². The first-order valence-electron chi connectivity index (χ1n) is 7.13. The molecule has 8 heteroatoms. The topological polar surface area (TPSA) is 71.3 Å². The van der Waals surface area contributed by atoms with Gasteiger partial charge in [0.1, 0.15) is 0 Å². The monoisotopic (exact) mass is 342 g/mol. The number of nitro groups is 1. The molecule has 0 bridgehead atoms. The summed E-state index contributed by atoms with van der Waals surface area (Å²) in [7, 11) is 2.03. The van der Waals surface area contributed by atoms with Crippen molar-refractivity contribution in [1.29, 1.82) is 0 Å². The summed E-state index contributed by atoms with van der Waals surface area (Å²) in [5.74, 6) is 0. The molecule has 3 rings (SSSR count). The van der Waals surface area contributed by atoms with Gasteiger partial charge in [0.25, 0.3) is 5.69 Å². The van der Waals surface area contributed by atoms with Crippen LogP contribution in [-0.2, 0) is 0 Å². The molecule has 1 aliphatic rings. The van der Waals surface area contributed by atoms with Gasteiger partial charge in [0.05, 0.1) is 15.1 Å². The molecule has 1 N–H and O–H groups in total. The first-order chi connectivity index (χ1) is 10.1. The van der Waals surface area contributed by atoms with Gasteiger partial charge in [-0.05, 0) is 25.5 Å². The van der Waals surface area contributed by atoms with E-state index in [1.54, 1.807) is 23.5 Å². The zero-order valence-electron chi connectivity index (χ0n) is 12.3. The van der Waals surface area contributed by atoms with Crippen LogP contribution in [0.2, 0.25) is 0 Å². The quantitative estimate of drug-likeness (QED) is 0.682. The Morgan fingerprint density at radius 3 is 3.00 bits per heavy atom. The lowest BCUT2D eigenvalue weighted by Crippen LogP contribution is -2.42. The van der Waals surface area contributed by atoms with Crippen LogP contribution >= 0.6 is 23.7 Å². The van der Waals surface area contributed by atoms with Crippen molar-refractivity contribution in [1.82, 2.24) is 10.3 Å². The number of thiazole rings is 1. The largest absolute Gasteiger partial charge is 0.350 e. The highest BCUT2D eigenvalue weighted by atomic mass is 35.5. The zero-order chi connectivity index (χ0) is 14.8. The van der Waals surface area contributed by atoms with Gasteiger partial charge in [-0.3, -0.25) is 10.1 Å². The van der Waals surface area contributed by atoms with Gasteiger partial charge in [-0.15, -0.1) is 12.4 Å². The molecule has 2 aromatic rings. The average Bonchev–Trinajstić information content (AvgIpc) is 2.91. The van der Waals surface area contributed by atoms with Crippen molar-refractivity contribution < 1.29 is 4.92 Å². The zero-order valence-corrected chi connectivity index (χ0v) is 14.0. The molecule has 1 aliphatic heterocycles. The first-order valence-corrected chi connectivity index (χ1v) is 7.94. The van der Waals surface area contributed by atoms with E-state index in [0.29, 0.717) is 11.6 Å². The highest BCUT2D eigenvalue weighted by molar-refractivity contribution is 7.22. The number of halogens is 1. The summed E-state index contributed by atoms with van der Waals surface area (Å²) in [6, 6.07) is 5.36. The Morgan fingerprint density at radius 2 is 2.32 bits per heavy atom. The van der Waals surface area contributed by atoms with Crippen LogP contribution in [0, 0.1) is 10.1 Å². The maximum atomic E-state index is 10.8. The number of hydrogen-bond donors (Lipinski definition) is 1. The number of aromatic nitrogens is 1. The lowest BCUT2D eigenvalue weighted by molar-refractivity contribution is -0.384. The molecule has 0 aliphatic carbocycles. The predicted octanol–water partition coefficient (Wildman–Crippen LogP) is 3.20. The summed E-state index contributed by atoms with van der Waals surface area (Å²) in [5.41, 5.74) is 0.795. The van der Waals surface area contributed by atoms with Crippen molar-refractivity contribution in [2.45, 2.75) is 25.3 Å². The summed E-state index contributed by atoms with van der Waals surface area (Å²) < 4.78 is 0.985. The van der Waals surface area contributed by atoms with Gasteiger partial charge < -0.3 is 10.2 Å². The minimum absolute atomic E-state index is 0. The number of rotatable bonds is 4. The van der Waals surface area contributed by atoms with Crippen molar-refractivity contribution in [3.63, 3.8) is 0 Å². The van der Waals surface area contributed by atoms with Crippen molar-refractivity contribution in [2.24, 2.45) is 0 Å². The van der Waals surface area contributed by atoms with E-state index in [-0.39, 0.29) is 23.0 Å². The second kappa shape index (κ2) is 7.21. The van der Waals surface area contributed by atoms with Gasteiger partial charge in [-0.2, -0.15) is 0 Å². The van der Waals surface area contributed by atoms with Crippen LogP contribution in [0.1, 0.15) is 19.3 Å². The minimum Gasteiger partial charge on any atom is -0.350 e. The maximum absolute atomic E-state index is 10.8. The van der Waals surface area contributed by atoms with E-state index in [0.717, 1.165) is 22.9 Å². The van der Waals surface area contributed by atoms with Gasteiger partial charge in [-0.25, -0.2) is 4.98 Å². The molecule has 1 fully saturated rings. The van der Waals surface area contributed by atoms with Crippen LogP contribution in [0.15, 0.2) is 18.2 Å². The normalized spacial score (nSPS) is 18.0. The number of anilines is 1. The summed E-state index contributed by atoms with van der Waals surface area (Å²) >= 11 is 1.58. The van der Waals surface area contributed by atoms with E-state index in [4.69, 9.17) is 0 Å². The van der Waals surface area contributed by atoms with E-state index < -0.39 is 0 Å². The molecule has 1 atom stereocenters. The molecule has 0 spiro atoms. The Morgan fingerprint density at radius 1 is 1.50 bits per heavy atom. The second-order valence-electron chi connectivity index (χ2n) is 5.43. The number of benzene rings is 1. The Hall–Kier alpha value is -1.44. The van der Waals surface area contributed by atoms with Crippen LogP contribution in [0.3, 0.4) is 0 Å². The predicted molar refractivity (Wildman–Crippen MR) is 92.4 cm³/mol. The smallest absolute Gasteiger partial charge is 0.271 e. The fourth-order valence-electron chi connectivity index (χ4n) is 2.67. The molecule has 0 radical (unpaired) electrons. The lowest BCUT2D eigenvalue weighted by Gasteiger charge is -2.27. The Bertz CT molecular complexity index is 657. The van der Waals surface area contributed by atoms with Crippen molar-refractivity contribution in [3.05, 3.63) is 28.3 Å². The molecule has 22 heavy (non-hydrogen) atoms. The van der Waals surface area contributed by atoms with Crippen LogP contribution in [0.5, 0.6) is 0 Å². The number of non-ortho nitro benzene ring substituents is 1. The third kappa shape index (κ3) is 3.66. The third-order valence-electron chi connectivity index (χ3n) is 3.80. The summed E-state index contributed by atoms with van der Waals surface area (Å²) in [6.45, 7) is 2.01. The third-order valence-corrected chi connectivity index (χ3v) is 4.95. The Balaban J connectivity index is 0.00000176. The van der Waals surface area contributed by atoms with Crippen LogP contribution in [0.4, 0.5) is 10.8 Å². The van der Waals surface area contributed by atoms with Gasteiger partial charge >= 0.3 is 0 Å². The molecule has 2 heterocycles. The van der Waals surface area contributed by atoms with E-state index >= 15 is 0 Å². The number of fused-ring (bicyclic) bond motifs is 1. The molecule has 0 amide bonds. The Labute approximate surface area is 139 Å². The van der Waals surface area contributed by atoms with Gasteiger partial charge in [0.2, 0.25) is 0 Å². The lowest BCUT2D eigenvalue weighted by atomic mass is 10.1. The van der Waals surface area contributed by atoms with Crippen molar-refractivity contribution >= 4 is 44.8 Å². The standard InChI is InChI=1S/C14H18N4O2S.ClH/c1-17(9-10-4-2-3-7-15-10)14-16-12-8-11(18(19)20)5-6-13(12)21-14;/h5-6,8,10,15H,2-4,7,9H2,1H3;1H. The molecular formula is C14H19ClN4O2S. The SMILES string of the molecule is CN(CC1CCCCN1)c1nc2cc([N+](=O)[O-])ccc2s1.Cl. The Kier molecular flexibility index (Phi) is 5.55. The minimum atomic E-state index is -0.381. The van der Waals surface area contributed by atoms with Gasteiger partial charge in [0, 0.05) is 31.8 Å². The molecule has 120 valence electrons. The second-order valence-corrected chi connectivity index (χ2v) is 6.44. The van der Waals surface area contributed by atoms with Crippen molar-refractivity contribution in [2.75, 3.05) is 25.0 Å². The molecule has 1 saturated heterocycles. The maximum Gasteiger partial charge on any atom is 0.271 e. The fourth-order valence-corrected chi connectivity index (χ4v) is 3.59. The molecule has 1 aromatic heterocycles. The van der Waals surface area contributed by atoms with Crippen LogP contribution in [0.25, 0.3) is 10.2 Å². The number of nitro benzene ring substituents is 1. The number of hydrogen-bond acceptors (Lipinski definition) is 6. The van der Waals surface area contributed by atoms with Gasteiger partial charge in [0.15, 0.2) is 5.13 Å². The molecule has 0 saturated carbocycles. The molecule has 1 unspecified atom stereocenters. The first kappa shape index (κ1) is 16.9. The summed E-state index contributed by atoms with van der Waals surface area (Å²) in [5, 5.41) is 15.2. The average molecular weight is 343 g/mol. The highest BCUT2D eigenvalue weighted by Gasteiger charge is 2.17. The molecule has 6 nitrogen and oxygen atoms in total. The molecular weight excluding hydrogens is 324 g/mol. The fraction of sp³-hybridized carbons (Fsp3) is 0.500. The molecule has 1 aromatic carbocycles.